The number of carbonyl (C=O) groups is 2. The van der Waals surface area contributed by atoms with Gasteiger partial charge in [0.1, 0.15) is 17.6 Å². The van der Waals surface area contributed by atoms with Gasteiger partial charge in [-0.3, -0.25) is 19.5 Å². The van der Waals surface area contributed by atoms with Crippen molar-refractivity contribution in [3.8, 4) is 11.5 Å². The number of alkyl halides is 3. The summed E-state index contributed by atoms with van der Waals surface area (Å²) in [6.45, 7) is 3.37. The molecule has 0 saturated carbocycles. The topological polar surface area (TPSA) is 88.1 Å². The average molecular weight is 379 g/mol. The monoisotopic (exact) mass is 379 g/mol. The fourth-order valence-corrected chi connectivity index (χ4v) is 2.76. The number of amides is 2. The first-order valence-electron chi connectivity index (χ1n) is 8.17. The minimum Gasteiger partial charge on any atom is -0.358 e. The Hall–Kier alpha value is -3.04. The molecule has 1 fully saturated rings. The molecule has 10 heteroatoms. The Kier molecular flexibility index (Phi) is 4.81. The smallest absolute Gasteiger partial charge is 0.358 e. The summed E-state index contributed by atoms with van der Waals surface area (Å²) >= 11 is 0. The highest BCUT2D eigenvalue weighted by Gasteiger charge is 2.40. The Morgan fingerprint density at radius 2 is 1.96 bits per heavy atom. The van der Waals surface area contributed by atoms with E-state index in [0.29, 0.717) is 6.07 Å². The van der Waals surface area contributed by atoms with Gasteiger partial charge in [-0.05, 0) is 26.0 Å². The van der Waals surface area contributed by atoms with E-state index in [-0.39, 0.29) is 35.7 Å². The van der Waals surface area contributed by atoms with E-state index < -0.39 is 23.8 Å². The van der Waals surface area contributed by atoms with Crippen LogP contribution in [-0.2, 0) is 15.8 Å². The molecule has 142 valence electrons. The summed E-state index contributed by atoms with van der Waals surface area (Å²) in [7, 11) is 0. The predicted octanol–water partition coefficient (Wildman–Crippen LogP) is 2.51. The van der Waals surface area contributed by atoms with E-state index in [1.54, 1.807) is 26.0 Å². The second-order valence-electron chi connectivity index (χ2n) is 6.27. The third-order valence-electron chi connectivity index (χ3n) is 3.93. The van der Waals surface area contributed by atoms with Gasteiger partial charge in [0.15, 0.2) is 11.5 Å². The standard InChI is InChI=1S/C17H16F3N5O2/c1-9(2)25-14(26)7-11(16(25)27)22-13-8-12(17(18,19)20)23-15(24-13)10-5-3-4-6-21-10/h3-6,8-9,11H,7H2,1-2H3,(H,22,23,24). The lowest BCUT2D eigenvalue weighted by Gasteiger charge is -2.19. The molecular formula is C17H16F3N5O2. The zero-order valence-electron chi connectivity index (χ0n) is 14.5. The first-order chi connectivity index (χ1) is 12.7. The quantitative estimate of drug-likeness (QED) is 0.822. The molecule has 2 aromatic heterocycles. The van der Waals surface area contributed by atoms with Gasteiger partial charge in [0.25, 0.3) is 5.91 Å². The average Bonchev–Trinajstić information content (AvgIpc) is 2.88. The summed E-state index contributed by atoms with van der Waals surface area (Å²) in [5, 5.41) is 2.64. The van der Waals surface area contributed by atoms with Gasteiger partial charge in [0, 0.05) is 18.3 Å². The number of anilines is 1. The molecular weight excluding hydrogens is 363 g/mol. The Balaban J connectivity index is 1.96. The normalized spacial score (nSPS) is 17.7. The van der Waals surface area contributed by atoms with Crippen molar-refractivity contribution in [1.82, 2.24) is 19.9 Å². The van der Waals surface area contributed by atoms with Gasteiger partial charge in [-0.25, -0.2) is 9.97 Å². The molecule has 27 heavy (non-hydrogen) atoms. The first-order valence-corrected chi connectivity index (χ1v) is 8.17. The maximum Gasteiger partial charge on any atom is 0.433 e. The zero-order valence-corrected chi connectivity index (χ0v) is 14.5. The van der Waals surface area contributed by atoms with Crippen molar-refractivity contribution in [2.45, 2.75) is 38.5 Å². The minimum atomic E-state index is -4.71. The number of halogens is 3. The lowest BCUT2D eigenvalue weighted by Crippen LogP contribution is -2.39. The van der Waals surface area contributed by atoms with Gasteiger partial charge in [-0.15, -0.1) is 0 Å². The third kappa shape index (κ3) is 3.88. The Morgan fingerprint density at radius 3 is 2.52 bits per heavy atom. The molecule has 7 nitrogen and oxygen atoms in total. The molecule has 1 unspecified atom stereocenters. The highest BCUT2D eigenvalue weighted by molar-refractivity contribution is 6.07. The third-order valence-corrected chi connectivity index (χ3v) is 3.93. The SMILES string of the molecule is CC(C)N1C(=O)CC(Nc2cc(C(F)(F)F)nc(-c3ccccn3)n2)C1=O. The molecule has 0 aromatic carbocycles. The number of hydrogen-bond acceptors (Lipinski definition) is 6. The van der Waals surface area contributed by atoms with Crippen molar-refractivity contribution in [2.24, 2.45) is 0 Å². The number of likely N-dealkylation sites (tertiary alicyclic amines) is 1. The van der Waals surface area contributed by atoms with Gasteiger partial charge in [0.05, 0.1) is 6.42 Å². The van der Waals surface area contributed by atoms with Gasteiger partial charge in [-0.2, -0.15) is 13.2 Å². The number of imide groups is 1. The number of aromatic nitrogens is 3. The lowest BCUT2D eigenvalue weighted by molar-refractivity contribution is -0.141. The van der Waals surface area contributed by atoms with Crippen LogP contribution in [0.5, 0.6) is 0 Å². The highest BCUT2D eigenvalue weighted by atomic mass is 19.4. The second-order valence-corrected chi connectivity index (χ2v) is 6.27. The summed E-state index contributed by atoms with van der Waals surface area (Å²) in [5.41, 5.74) is -1.01. The number of carbonyl (C=O) groups excluding carboxylic acids is 2. The minimum absolute atomic E-state index is 0.152. The van der Waals surface area contributed by atoms with Crippen molar-refractivity contribution in [3.63, 3.8) is 0 Å². The molecule has 0 radical (unpaired) electrons. The van der Waals surface area contributed by atoms with Crippen LogP contribution in [0.4, 0.5) is 19.0 Å². The Labute approximate surface area is 152 Å². The van der Waals surface area contributed by atoms with Gasteiger partial charge >= 0.3 is 6.18 Å². The van der Waals surface area contributed by atoms with Crippen molar-refractivity contribution in [2.75, 3.05) is 5.32 Å². The van der Waals surface area contributed by atoms with E-state index in [0.717, 1.165) is 4.90 Å². The predicted molar refractivity (Wildman–Crippen MR) is 89.3 cm³/mol. The van der Waals surface area contributed by atoms with Crippen LogP contribution in [0.2, 0.25) is 0 Å². The molecule has 2 amide bonds. The summed E-state index contributed by atoms with van der Waals surface area (Å²) in [6, 6.07) is 4.08. The molecule has 1 atom stereocenters. The van der Waals surface area contributed by atoms with Crippen LogP contribution in [0.15, 0.2) is 30.5 Å². The van der Waals surface area contributed by atoms with Crippen LogP contribution in [0.1, 0.15) is 26.0 Å². The number of pyridine rings is 1. The molecule has 1 aliphatic rings. The number of hydrogen-bond donors (Lipinski definition) is 1. The van der Waals surface area contributed by atoms with Crippen LogP contribution in [0.25, 0.3) is 11.5 Å². The van der Waals surface area contributed by atoms with Crippen molar-refractivity contribution in [3.05, 3.63) is 36.2 Å². The van der Waals surface area contributed by atoms with Crippen molar-refractivity contribution in [1.29, 1.82) is 0 Å². The summed E-state index contributed by atoms with van der Waals surface area (Å²) < 4.78 is 39.6. The van der Waals surface area contributed by atoms with E-state index in [9.17, 15) is 22.8 Å². The van der Waals surface area contributed by atoms with Crippen LogP contribution in [0.3, 0.4) is 0 Å². The molecule has 0 aliphatic carbocycles. The molecule has 1 aliphatic heterocycles. The number of nitrogens with one attached hydrogen (secondary N) is 1. The molecule has 0 spiro atoms. The van der Waals surface area contributed by atoms with Crippen LogP contribution in [-0.4, -0.2) is 43.7 Å². The van der Waals surface area contributed by atoms with Gasteiger partial charge < -0.3 is 5.32 Å². The van der Waals surface area contributed by atoms with Crippen LogP contribution in [0, 0.1) is 0 Å². The highest BCUT2D eigenvalue weighted by Crippen LogP contribution is 2.31. The van der Waals surface area contributed by atoms with E-state index in [1.165, 1.54) is 12.3 Å². The van der Waals surface area contributed by atoms with Crippen LogP contribution < -0.4 is 5.32 Å². The van der Waals surface area contributed by atoms with Gasteiger partial charge in [-0.1, -0.05) is 6.07 Å². The van der Waals surface area contributed by atoms with Crippen molar-refractivity contribution < 1.29 is 22.8 Å². The number of rotatable bonds is 4. The molecule has 2 aromatic rings. The fourth-order valence-electron chi connectivity index (χ4n) is 2.76. The van der Waals surface area contributed by atoms with E-state index >= 15 is 0 Å². The molecule has 3 heterocycles. The Bertz CT molecular complexity index is 871. The van der Waals surface area contributed by atoms with E-state index in [4.69, 9.17) is 0 Å². The summed E-state index contributed by atoms with van der Waals surface area (Å²) in [6.07, 6.45) is -3.45. The van der Waals surface area contributed by atoms with E-state index in [2.05, 4.69) is 20.3 Å². The molecule has 1 N–H and O–H groups in total. The Morgan fingerprint density at radius 1 is 1.22 bits per heavy atom. The second kappa shape index (κ2) is 6.93. The lowest BCUT2D eigenvalue weighted by atomic mass is 10.2. The fraction of sp³-hybridized carbons (Fsp3) is 0.353. The summed E-state index contributed by atoms with van der Waals surface area (Å²) in [4.78, 5) is 37.0. The van der Waals surface area contributed by atoms with Gasteiger partial charge in [0.2, 0.25) is 5.91 Å². The van der Waals surface area contributed by atoms with Crippen LogP contribution >= 0.6 is 0 Å². The maximum absolute atomic E-state index is 13.2. The first kappa shape index (κ1) is 18.7. The number of nitrogens with zero attached hydrogens (tertiary/aromatic N) is 4. The molecule has 3 rings (SSSR count). The molecule has 0 bridgehead atoms. The van der Waals surface area contributed by atoms with Crippen molar-refractivity contribution >= 4 is 17.6 Å². The molecule has 1 saturated heterocycles. The zero-order chi connectivity index (χ0) is 19.8. The maximum atomic E-state index is 13.2. The van der Waals surface area contributed by atoms with E-state index in [1.807, 2.05) is 0 Å². The largest absolute Gasteiger partial charge is 0.433 e. The summed E-state index contributed by atoms with van der Waals surface area (Å²) in [5.74, 6) is -1.32.